The molecule has 0 bridgehead atoms. The van der Waals surface area contributed by atoms with E-state index in [1.165, 1.54) is 0 Å². The maximum atomic E-state index is 5.29. The van der Waals surface area contributed by atoms with Crippen molar-refractivity contribution in [1.29, 1.82) is 0 Å². The van der Waals surface area contributed by atoms with Crippen molar-refractivity contribution in [3.63, 3.8) is 0 Å². The summed E-state index contributed by atoms with van der Waals surface area (Å²) in [5, 5.41) is 7.47. The highest BCUT2D eigenvalue weighted by Gasteiger charge is 2.23. The molecule has 1 aliphatic heterocycles. The van der Waals surface area contributed by atoms with Crippen molar-refractivity contribution in [2.75, 3.05) is 19.6 Å². The van der Waals surface area contributed by atoms with Crippen molar-refractivity contribution in [2.45, 2.75) is 45.7 Å². The van der Waals surface area contributed by atoms with E-state index in [0.717, 1.165) is 37.9 Å². The molecule has 1 saturated heterocycles. The van der Waals surface area contributed by atoms with Crippen LogP contribution in [0.4, 0.5) is 0 Å². The van der Waals surface area contributed by atoms with Crippen LogP contribution in [-0.4, -0.2) is 40.7 Å². The Bertz CT molecular complexity index is 369. The zero-order valence-corrected chi connectivity index (χ0v) is 11.2. The van der Waals surface area contributed by atoms with Crippen molar-refractivity contribution in [3.05, 3.63) is 11.7 Å². The average Bonchev–Trinajstić information content (AvgIpc) is 2.65. The molecule has 0 spiro atoms. The van der Waals surface area contributed by atoms with E-state index in [4.69, 9.17) is 4.52 Å². The maximum Gasteiger partial charge on any atom is 0.232 e. The highest BCUT2D eigenvalue weighted by atomic mass is 16.5. The summed E-state index contributed by atoms with van der Waals surface area (Å²) in [5.41, 5.74) is -0.0675. The Kier molecular flexibility index (Phi) is 3.49. The predicted molar refractivity (Wildman–Crippen MR) is 65.7 cm³/mol. The van der Waals surface area contributed by atoms with Crippen molar-refractivity contribution >= 4 is 0 Å². The van der Waals surface area contributed by atoms with E-state index in [0.29, 0.717) is 6.04 Å². The molecule has 0 amide bonds. The van der Waals surface area contributed by atoms with Crippen LogP contribution in [0.5, 0.6) is 0 Å². The van der Waals surface area contributed by atoms with Crippen molar-refractivity contribution in [1.82, 2.24) is 20.4 Å². The van der Waals surface area contributed by atoms with Gasteiger partial charge >= 0.3 is 0 Å². The fourth-order valence-electron chi connectivity index (χ4n) is 1.98. The van der Waals surface area contributed by atoms with Crippen LogP contribution in [0.1, 0.15) is 39.4 Å². The van der Waals surface area contributed by atoms with Crippen LogP contribution in [0, 0.1) is 0 Å². The van der Waals surface area contributed by atoms with Gasteiger partial charge in [-0.2, -0.15) is 4.98 Å². The molecular formula is C12H22N4O. The first-order chi connectivity index (χ1) is 7.95. The van der Waals surface area contributed by atoms with E-state index in [-0.39, 0.29) is 5.41 Å². The van der Waals surface area contributed by atoms with Gasteiger partial charge in [0.2, 0.25) is 5.89 Å². The smallest absolute Gasteiger partial charge is 0.232 e. The molecule has 17 heavy (non-hydrogen) atoms. The molecule has 1 aliphatic rings. The standard InChI is InChI=1S/C12H22N4O/c1-9-7-16(6-5-13-9)8-10-14-11(17-15-10)12(2,3)4/h9,13H,5-8H2,1-4H3/t9-/m0/s1. The molecule has 0 aliphatic carbocycles. The monoisotopic (exact) mass is 238 g/mol. The summed E-state index contributed by atoms with van der Waals surface area (Å²) in [6.45, 7) is 12.3. The van der Waals surface area contributed by atoms with Crippen molar-refractivity contribution in [2.24, 2.45) is 0 Å². The Morgan fingerprint density at radius 1 is 1.47 bits per heavy atom. The fraction of sp³-hybridized carbons (Fsp3) is 0.833. The average molecular weight is 238 g/mol. The van der Waals surface area contributed by atoms with Crippen LogP contribution in [0.25, 0.3) is 0 Å². The highest BCUT2D eigenvalue weighted by molar-refractivity contribution is 4.98. The largest absolute Gasteiger partial charge is 0.339 e. The lowest BCUT2D eigenvalue weighted by molar-refractivity contribution is 0.193. The molecule has 1 fully saturated rings. The molecule has 5 heteroatoms. The van der Waals surface area contributed by atoms with E-state index < -0.39 is 0 Å². The molecule has 1 aromatic rings. The summed E-state index contributed by atoms with van der Waals surface area (Å²) in [6, 6.07) is 0.540. The molecule has 1 N–H and O–H groups in total. The minimum absolute atomic E-state index is 0.0675. The second kappa shape index (κ2) is 4.74. The Hall–Kier alpha value is -0.940. The molecule has 96 valence electrons. The summed E-state index contributed by atoms with van der Waals surface area (Å²) in [7, 11) is 0. The van der Waals surface area contributed by atoms with Gasteiger partial charge in [-0.25, -0.2) is 0 Å². The first-order valence-corrected chi connectivity index (χ1v) is 6.24. The van der Waals surface area contributed by atoms with Gasteiger partial charge in [-0.1, -0.05) is 25.9 Å². The third kappa shape index (κ3) is 3.26. The second-order valence-electron chi connectivity index (χ2n) is 5.86. The quantitative estimate of drug-likeness (QED) is 0.838. The van der Waals surface area contributed by atoms with Gasteiger partial charge in [0.15, 0.2) is 5.82 Å². The molecule has 0 saturated carbocycles. The van der Waals surface area contributed by atoms with Gasteiger partial charge in [-0.15, -0.1) is 0 Å². The predicted octanol–water partition coefficient (Wildman–Crippen LogP) is 1.16. The van der Waals surface area contributed by atoms with Gasteiger partial charge in [0, 0.05) is 31.1 Å². The van der Waals surface area contributed by atoms with Gasteiger partial charge in [0.05, 0.1) is 6.54 Å². The van der Waals surface area contributed by atoms with Crippen LogP contribution >= 0.6 is 0 Å². The van der Waals surface area contributed by atoms with Gasteiger partial charge in [-0.3, -0.25) is 4.90 Å². The van der Waals surface area contributed by atoms with Crippen molar-refractivity contribution in [3.8, 4) is 0 Å². The zero-order valence-electron chi connectivity index (χ0n) is 11.2. The number of aromatic nitrogens is 2. The first-order valence-electron chi connectivity index (χ1n) is 6.24. The topological polar surface area (TPSA) is 54.2 Å². The fourth-order valence-corrected chi connectivity index (χ4v) is 1.98. The van der Waals surface area contributed by atoms with Gasteiger partial charge in [-0.05, 0) is 6.92 Å². The van der Waals surface area contributed by atoms with E-state index >= 15 is 0 Å². The lowest BCUT2D eigenvalue weighted by Gasteiger charge is -2.30. The molecule has 5 nitrogen and oxygen atoms in total. The Morgan fingerprint density at radius 3 is 2.82 bits per heavy atom. The number of hydrogen-bond donors (Lipinski definition) is 1. The molecule has 1 atom stereocenters. The Balaban J connectivity index is 1.97. The first kappa shape index (κ1) is 12.5. The Morgan fingerprint density at radius 2 is 2.24 bits per heavy atom. The summed E-state index contributed by atoms with van der Waals surface area (Å²) in [4.78, 5) is 6.82. The molecule has 2 heterocycles. The number of rotatable bonds is 2. The molecule has 0 radical (unpaired) electrons. The van der Waals surface area contributed by atoms with E-state index in [2.05, 4.69) is 48.1 Å². The normalized spacial score (nSPS) is 22.9. The highest BCUT2D eigenvalue weighted by Crippen LogP contribution is 2.20. The second-order valence-corrected chi connectivity index (χ2v) is 5.86. The third-order valence-corrected chi connectivity index (χ3v) is 2.93. The van der Waals surface area contributed by atoms with Crippen molar-refractivity contribution < 1.29 is 4.52 Å². The van der Waals surface area contributed by atoms with Crippen LogP contribution in [0.3, 0.4) is 0 Å². The van der Waals surface area contributed by atoms with Crippen LogP contribution < -0.4 is 5.32 Å². The molecule has 0 unspecified atom stereocenters. The lowest BCUT2D eigenvalue weighted by Crippen LogP contribution is -2.48. The number of nitrogens with one attached hydrogen (secondary N) is 1. The van der Waals surface area contributed by atoms with E-state index in [1.54, 1.807) is 0 Å². The zero-order chi connectivity index (χ0) is 12.5. The summed E-state index contributed by atoms with van der Waals surface area (Å²) in [6.07, 6.45) is 0. The lowest BCUT2D eigenvalue weighted by atomic mass is 9.97. The number of piperazine rings is 1. The van der Waals surface area contributed by atoms with Crippen LogP contribution in [0.15, 0.2) is 4.52 Å². The summed E-state index contributed by atoms with van der Waals surface area (Å²) < 4.78 is 5.29. The Labute approximate surface area is 103 Å². The van der Waals surface area contributed by atoms with Gasteiger partial charge in [0.1, 0.15) is 0 Å². The molecule has 0 aromatic carbocycles. The minimum atomic E-state index is -0.0675. The SMILES string of the molecule is C[C@H]1CN(Cc2noc(C(C)(C)C)n2)CCN1. The molecule has 2 rings (SSSR count). The molecular weight excluding hydrogens is 216 g/mol. The van der Waals surface area contributed by atoms with Gasteiger partial charge in [0.25, 0.3) is 0 Å². The van der Waals surface area contributed by atoms with E-state index in [9.17, 15) is 0 Å². The number of hydrogen-bond acceptors (Lipinski definition) is 5. The van der Waals surface area contributed by atoms with E-state index in [1.807, 2.05) is 0 Å². The molecule has 1 aromatic heterocycles. The summed E-state index contributed by atoms with van der Waals surface area (Å²) in [5.74, 6) is 1.51. The van der Waals surface area contributed by atoms with Crippen LogP contribution in [0.2, 0.25) is 0 Å². The minimum Gasteiger partial charge on any atom is -0.339 e. The van der Waals surface area contributed by atoms with Crippen LogP contribution in [-0.2, 0) is 12.0 Å². The van der Waals surface area contributed by atoms with Gasteiger partial charge < -0.3 is 9.84 Å². The third-order valence-electron chi connectivity index (χ3n) is 2.93. The maximum absolute atomic E-state index is 5.29. The summed E-state index contributed by atoms with van der Waals surface area (Å²) >= 11 is 0. The number of nitrogens with zero attached hydrogens (tertiary/aromatic N) is 3.